The highest BCUT2D eigenvalue weighted by Crippen LogP contribution is 2.06. The summed E-state index contributed by atoms with van der Waals surface area (Å²) in [5.41, 5.74) is 0.440. The van der Waals surface area contributed by atoms with Gasteiger partial charge in [0.05, 0.1) is 28.3 Å². The largest absolute Gasteiger partial charge is 0.409 e. The molecule has 116 valence electrons. The van der Waals surface area contributed by atoms with Gasteiger partial charge in [0.1, 0.15) is 0 Å². The lowest BCUT2D eigenvalue weighted by molar-refractivity contribution is -0.914. The number of rotatable bonds is 4. The van der Waals surface area contributed by atoms with Crippen LogP contribution in [0.5, 0.6) is 0 Å². The predicted molar refractivity (Wildman–Crippen MR) is 72.0 cm³/mol. The molecule has 0 aromatic heterocycles. The van der Waals surface area contributed by atoms with Crippen LogP contribution < -0.4 is 6.15 Å². The minimum Gasteiger partial charge on any atom is -0.409 e. The van der Waals surface area contributed by atoms with Gasteiger partial charge in [0.2, 0.25) is 6.23 Å². The van der Waals surface area contributed by atoms with Crippen molar-refractivity contribution in [1.82, 2.24) is 6.15 Å². The lowest BCUT2D eigenvalue weighted by Crippen LogP contribution is -2.45. The van der Waals surface area contributed by atoms with Crippen LogP contribution >= 0.6 is 0 Å². The third kappa shape index (κ3) is 14.9. The molecule has 0 saturated carbocycles. The second-order valence-corrected chi connectivity index (χ2v) is 5.68. The van der Waals surface area contributed by atoms with E-state index in [2.05, 4.69) is 10.8 Å². The summed E-state index contributed by atoms with van der Waals surface area (Å²) in [7, 11) is 2.61. The van der Waals surface area contributed by atoms with Crippen LogP contribution in [0.3, 0.4) is 0 Å². The molecule has 0 aromatic rings. The lowest BCUT2D eigenvalue weighted by atomic mass is 10.3. The monoisotopic (exact) mass is 301 g/mol. The summed E-state index contributed by atoms with van der Waals surface area (Å²) in [6.07, 6.45) is -0.144. The third-order valence-corrected chi connectivity index (χ3v) is 2.35. The van der Waals surface area contributed by atoms with Crippen molar-refractivity contribution in [2.75, 3.05) is 28.3 Å². The van der Waals surface area contributed by atoms with Gasteiger partial charge in [-0.1, -0.05) is 6.58 Å². The third-order valence-electron chi connectivity index (χ3n) is 1.93. The van der Waals surface area contributed by atoms with Gasteiger partial charge in [0, 0.05) is 12.5 Å². The van der Waals surface area contributed by atoms with Crippen molar-refractivity contribution in [2.45, 2.75) is 20.1 Å². The second kappa shape index (κ2) is 8.99. The minimum atomic E-state index is -4.16. The molecule has 0 aliphatic rings. The molecule has 0 aliphatic heterocycles. The van der Waals surface area contributed by atoms with Crippen LogP contribution in [0, 0.1) is 0 Å². The Morgan fingerprint density at radius 3 is 1.79 bits per heavy atom. The van der Waals surface area contributed by atoms with E-state index in [9.17, 15) is 13.2 Å². The summed E-state index contributed by atoms with van der Waals surface area (Å²) in [5, 5.41) is 0. The highest BCUT2D eigenvalue weighted by molar-refractivity contribution is 7.80. The number of esters is 1. The number of hydrogen-bond acceptors (Lipinski definition) is 6. The van der Waals surface area contributed by atoms with E-state index >= 15 is 0 Å². The molecule has 0 bridgehead atoms. The van der Waals surface area contributed by atoms with E-state index in [1.807, 2.05) is 28.1 Å². The van der Waals surface area contributed by atoms with Crippen molar-refractivity contribution >= 4 is 16.4 Å². The first-order valence-electron chi connectivity index (χ1n) is 5.02. The van der Waals surface area contributed by atoms with Crippen molar-refractivity contribution < 1.29 is 31.2 Å². The summed E-state index contributed by atoms with van der Waals surface area (Å²) in [4.78, 5) is 11.1. The van der Waals surface area contributed by atoms with Crippen LogP contribution in [0.15, 0.2) is 12.2 Å². The zero-order chi connectivity index (χ0) is 15.1. The summed E-state index contributed by atoms with van der Waals surface area (Å²) in [5.74, 6) is -0.324. The summed E-state index contributed by atoms with van der Waals surface area (Å²) >= 11 is 0. The molecule has 0 spiro atoms. The molecule has 0 aliphatic carbocycles. The van der Waals surface area contributed by atoms with Gasteiger partial charge in [-0.25, -0.2) is 4.79 Å². The molecule has 0 fully saturated rings. The van der Waals surface area contributed by atoms with Gasteiger partial charge in [-0.3, -0.25) is 13.2 Å². The minimum absolute atomic E-state index is 0. The summed E-state index contributed by atoms with van der Waals surface area (Å²) in [6.45, 7) is 7.01. The molecule has 1 atom stereocenters. The first-order valence-corrected chi connectivity index (χ1v) is 6.38. The Balaban J connectivity index is -0.000000313. The first-order chi connectivity index (χ1) is 7.81. The molecular formula is C10H25N2O6S+. The fourth-order valence-corrected chi connectivity index (χ4v) is 0.414. The molecule has 4 N–H and O–H groups in total. The topological polar surface area (TPSA) is 125 Å². The average Bonchev–Trinajstić information content (AvgIpc) is 2.15. The Bertz CT molecular complexity index is 385. The first kappa shape index (κ1) is 23.1. The van der Waals surface area contributed by atoms with Gasteiger partial charge in [-0.2, -0.15) is 8.42 Å². The fourth-order valence-electron chi connectivity index (χ4n) is 0.414. The normalized spacial score (nSPS) is 12.4. The molecule has 0 radical (unpaired) electrons. The van der Waals surface area contributed by atoms with Crippen LogP contribution in [-0.2, 0) is 24.1 Å². The fraction of sp³-hybridized carbons (Fsp3) is 0.700. The number of carbonyl (C=O) groups is 1. The predicted octanol–water partition coefficient (Wildman–Crippen LogP) is 0.756. The SMILES string of the molecule is C=C(C)C(=O)OC(C)[N+](C)(C)C.COS(=O)(=O)O.N. The zero-order valence-electron chi connectivity index (χ0n) is 12.3. The van der Waals surface area contributed by atoms with Gasteiger partial charge in [-0.05, 0) is 6.92 Å². The Kier molecular flexibility index (Phi) is 10.9. The Morgan fingerprint density at radius 1 is 1.32 bits per heavy atom. The Hall–Kier alpha value is -1.00. The van der Waals surface area contributed by atoms with E-state index in [0.717, 1.165) is 7.11 Å². The molecule has 19 heavy (non-hydrogen) atoms. The van der Waals surface area contributed by atoms with Crippen molar-refractivity contribution in [1.29, 1.82) is 0 Å². The van der Waals surface area contributed by atoms with Gasteiger partial charge in [-0.15, -0.1) is 0 Å². The van der Waals surface area contributed by atoms with Crippen LogP contribution in [0.1, 0.15) is 13.8 Å². The van der Waals surface area contributed by atoms with E-state index in [1.54, 1.807) is 6.92 Å². The van der Waals surface area contributed by atoms with E-state index in [-0.39, 0.29) is 18.3 Å². The quantitative estimate of drug-likeness (QED) is 0.258. The standard InChI is InChI=1S/C9H18NO2.CH4O4S.H3N/c1-7(2)9(11)12-8(3)10(4,5)6;1-5-6(2,3)4;/h8H,1H2,2-6H3;1H3,(H,2,3,4);1H3/q+1;;. The highest BCUT2D eigenvalue weighted by Gasteiger charge is 2.22. The number of nitrogens with zero attached hydrogens (tertiary/aromatic N) is 1. The van der Waals surface area contributed by atoms with Crippen LogP contribution in [0.25, 0.3) is 0 Å². The van der Waals surface area contributed by atoms with Crippen molar-refractivity contribution in [3.63, 3.8) is 0 Å². The molecular weight excluding hydrogens is 276 g/mol. The Morgan fingerprint density at radius 2 is 1.63 bits per heavy atom. The maximum atomic E-state index is 11.1. The number of ether oxygens (including phenoxy) is 1. The molecule has 0 aromatic carbocycles. The number of carbonyl (C=O) groups excluding carboxylic acids is 1. The maximum Gasteiger partial charge on any atom is 0.397 e. The molecule has 0 rings (SSSR count). The van der Waals surface area contributed by atoms with Crippen molar-refractivity contribution in [3.8, 4) is 0 Å². The smallest absolute Gasteiger partial charge is 0.397 e. The van der Waals surface area contributed by atoms with Crippen LogP contribution in [-0.4, -0.2) is 57.9 Å². The zero-order valence-corrected chi connectivity index (χ0v) is 13.2. The van der Waals surface area contributed by atoms with E-state index in [1.165, 1.54) is 0 Å². The lowest BCUT2D eigenvalue weighted by Gasteiger charge is -2.30. The maximum absolute atomic E-state index is 11.1. The molecule has 1 unspecified atom stereocenters. The molecule has 9 heteroatoms. The molecule has 0 amide bonds. The molecule has 0 heterocycles. The van der Waals surface area contributed by atoms with E-state index in [4.69, 9.17) is 9.29 Å². The van der Waals surface area contributed by atoms with Gasteiger partial charge in [0.15, 0.2) is 0 Å². The van der Waals surface area contributed by atoms with E-state index in [0.29, 0.717) is 10.1 Å². The van der Waals surface area contributed by atoms with Gasteiger partial charge in [0.25, 0.3) is 0 Å². The van der Waals surface area contributed by atoms with Crippen LogP contribution in [0.4, 0.5) is 0 Å². The van der Waals surface area contributed by atoms with Crippen molar-refractivity contribution in [2.24, 2.45) is 0 Å². The molecule has 8 nitrogen and oxygen atoms in total. The Labute approximate surface area is 115 Å². The highest BCUT2D eigenvalue weighted by atomic mass is 32.3. The summed E-state index contributed by atoms with van der Waals surface area (Å²) in [6, 6.07) is 0. The number of quaternary nitrogens is 1. The summed E-state index contributed by atoms with van der Waals surface area (Å²) < 4.78 is 35.4. The second-order valence-electron chi connectivity index (χ2n) is 4.50. The van der Waals surface area contributed by atoms with Crippen molar-refractivity contribution in [3.05, 3.63) is 12.2 Å². The average molecular weight is 301 g/mol. The van der Waals surface area contributed by atoms with Gasteiger partial charge >= 0.3 is 16.4 Å². The van der Waals surface area contributed by atoms with Crippen LogP contribution in [0.2, 0.25) is 0 Å². The molecule has 0 saturated heterocycles. The van der Waals surface area contributed by atoms with E-state index < -0.39 is 10.4 Å². The number of hydrogen-bond donors (Lipinski definition) is 2. The van der Waals surface area contributed by atoms with Gasteiger partial charge < -0.3 is 10.9 Å².